The van der Waals surface area contributed by atoms with Gasteiger partial charge in [0.05, 0.1) is 12.2 Å². The molecule has 0 fully saturated rings. The molecule has 0 aliphatic carbocycles. The van der Waals surface area contributed by atoms with E-state index < -0.39 is 0 Å². The van der Waals surface area contributed by atoms with Crippen LogP contribution in [0.15, 0.2) is 23.1 Å². The summed E-state index contributed by atoms with van der Waals surface area (Å²) in [7, 11) is 0. The molecule has 80 valence electrons. The molecule has 0 aromatic heterocycles. The molecular formula is C11H13NO2S. The summed E-state index contributed by atoms with van der Waals surface area (Å²) in [4.78, 5) is 12.7. The van der Waals surface area contributed by atoms with Crippen molar-refractivity contribution in [3.63, 3.8) is 0 Å². The average Bonchev–Trinajstić information content (AvgIpc) is 2.29. The lowest BCUT2D eigenvalue weighted by Crippen LogP contribution is -2.12. The number of ether oxygens (including phenoxy) is 1. The maximum Gasteiger partial charge on any atom is 0.338 e. The van der Waals surface area contributed by atoms with Gasteiger partial charge in [0.25, 0.3) is 0 Å². The molecule has 3 nitrogen and oxygen atoms in total. The molecule has 1 aromatic rings. The van der Waals surface area contributed by atoms with Crippen LogP contribution in [0.3, 0.4) is 0 Å². The lowest BCUT2D eigenvalue weighted by Gasteiger charge is -2.17. The number of anilines is 1. The van der Waals surface area contributed by atoms with Crippen molar-refractivity contribution in [3.8, 4) is 0 Å². The van der Waals surface area contributed by atoms with Crippen molar-refractivity contribution in [2.24, 2.45) is 0 Å². The maximum absolute atomic E-state index is 11.5. The molecule has 0 atom stereocenters. The van der Waals surface area contributed by atoms with Crippen LogP contribution in [0.2, 0.25) is 0 Å². The van der Waals surface area contributed by atoms with Crippen molar-refractivity contribution in [1.82, 2.24) is 0 Å². The molecule has 1 aliphatic rings. The van der Waals surface area contributed by atoms with Crippen molar-refractivity contribution in [2.45, 2.75) is 11.8 Å². The second-order valence-corrected chi connectivity index (χ2v) is 4.34. The van der Waals surface area contributed by atoms with E-state index in [0.29, 0.717) is 12.2 Å². The molecule has 0 saturated carbocycles. The van der Waals surface area contributed by atoms with Gasteiger partial charge in [-0.1, -0.05) is 0 Å². The number of nitrogens with one attached hydrogen (secondary N) is 1. The molecule has 0 saturated heterocycles. The Bertz CT molecular complexity index is 379. The molecule has 4 heteroatoms. The summed E-state index contributed by atoms with van der Waals surface area (Å²) in [6.45, 7) is 3.17. The molecule has 0 radical (unpaired) electrons. The number of benzene rings is 1. The van der Waals surface area contributed by atoms with Gasteiger partial charge < -0.3 is 10.1 Å². The number of hydrogen-bond donors (Lipinski definition) is 1. The van der Waals surface area contributed by atoms with Crippen LogP contribution in [-0.4, -0.2) is 24.9 Å². The zero-order chi connectivity index (χ0) is 10.7. The smallest absolute Gasteiger partial charge is 0.338 e. The van der Waals surface area contributed by atoms with Gasteiger partial charge >= 0.3 is 5.97 Å². The third kappa shape index (κ3) is 2.26. The maximum atomic E-state index is 11.5. The minimum absolute atomic E-state index is 0.252. The molecule has 1 heterocycles. The molecule has 0 spiro atoms. The van der Waals surface area contributed by atoms with Gasteiger partial charge in [0.1, 0.15) is 0 Å². The monoisotopic (exact) mass is 223 g/mol. The summed E-state index contributed by atoms with van der Waals surface area (Å²) in [5, 5.41) is 3.27. The Hall–Kier alpha value is -1.16. The molecule has 1 aliphatic heterocycles. The molecule has 0 unspecified atom stereocenters. The minimum atomic E-state index is -0.252. The summed E-state index contributed by atoms with van der Waals surface area (Å²) in [5.41, 5.74) is 1.66. The van der Waals surface area contributed by atoms with Crippen molar-refractivity contribution >= 4 is 23.4 Å². The van der Waals surface area contributed by atoms with Crippen molar-refractivity contribution < 1.29 is 9.53 Å². The van der Waals surface area contributed by atoms with Crippen LogP contribution in [0.4, 0.5) is 5.69 Å². The van der Waals surface area contributed by atoms with Gasteiger partial charge in [-0.3, -0.25) is 0 Å². The summed E-state index contributed by atoms with van der Waals surface area (Å²) in [5.74, 6) is 0.823. The van der Waals surface area contributed by atoms with E-state index in [-0.39, 0.29) is 5.97 Å². The first kappa shape index (κ1) is 10.4. The van der Waals surface area contributed by atoms with Crippen LogP contribution in [0, 0.1) is 0 Å². The Morgan fingerprint density at radius 2 is 2.47 bits per heavy atom. The van der Waals surface area contributed by atoms with E-state index in [1.807, 2.05) is 36.9 Å². The van der Waals surface area contributed by atoms with Gasteiger partial charge in [-0.15, -0.1) is 11.8 Å². The van der Waals surface area contributed by atoms with Gasteiger partial charge in [0.2, 0.25) is 0 Å². The van der Waals surface area contributed by atoms with E-state index in [2.05, 4.69) is 5.32 Å². The fraction of sp³-hybridized carbons (Fsp3) is 0.364. The topological polar surface area (TPSA) is 38.3 Å². The minimum Gasteiger partial charge on any atom is -0.462 e. The van der Waals surface area contributed by atoms with Gasteiger partial charge in [0.15, 0.2) is 0 Å². The molecule has 2 rings (SSSR count). The van der Waals surface area contributed by atoms with Crippen LogP contribution in [0.1, 0.15) is 17.3 Å². The highest BCUT2D eigenvalue weighted by Gasteiger charge is 2.13. The molecule has 1 N–H and O–H groups in total. The summed E-state index contributed by atoms with van der Waals surface area (Å²) in [6, 6.07) is 5.65. The fourth-order valence-electron chi connectivity index (χ4n) is 1.48. The highest BCUT2D eigenvalue weighted by molar-refractivity contribution is 7.99. The second kappa shape index (κ2) is 4.57. The Kier molecular flexibility index (Phi) is 3.16. The van der Waals surface area contributed by atoms with Crippen molar-refractivity contribution in [1.29, 1.82) is 0 Å². The van der Waals surface area contributed by atoms with Gasteiger partial charge in [-0.25, -0.2) is 4.79 Å². The number of rotatable bonds is 2. The lowest BCUT2D eigenvalue weighted by atomic mass is 10.2. The highest BCUT2D eigenvalue weighted by atomic mass is 32.2. The number of carbonyl (C=O) groups excluding carboxylic acids is 1. The largest absolute Gasteiger partial charge is 0.462 e. The predicted molar refractivity (Wildman–Crippen MR) is 61.6 cm³/mol. The van der Waals surface area contributed by atoms with E-state index in [9.17, 15) is 4.79 Å². The predicted octanol–water partition coefficient (Wildman–Crippen LogP) is 2.38. The zero-order valence-corrected chi connectivity index (χ0v) is 9.39. The second-order valence-electron chi connectivity index (χ2n) is 3.21. The average molecular weight is 223 g/mol. The van der Waals surface area contributed by atoms with E-state index in [0.717, 1.165) is 18.0 Å². The van der Waals surface area contributed by atoms with Crippen LogP contribution in [-0.2, 0) is 4.74 Å². The molecular weight excluding hydrogens is 210 g/mol. The van der Waals surface area contributed by atoms with E-state index >= 15 is 0 Å². The summed E-state index contributed by atoms with van der Waals surface area (Å²) in [6.07, 6.45) is 0. The van der Waals surface area contributed by atoms with E-state index in [4.69, 9.17) is 4.74 Å². The third-order valence-corrected chi connectivity index (χ3v) is 3.24. The quantitative estimate of drug-likeness (QED) is 0.781. The van der Waals surface area contributed by atoms with Gasteiger partial charge in [-0.05, 0) is 25.1 Å². The lowest BCUT2D eigenvalue weighted by molar-refractivity contribution is 0.0526. The van der Waals surface area contributed by atoms with Crippen molar-refractivity contribution in [3.05, 3.63) is 23.8 Å². The highest BCUT2D eigenvalue weighted by Crippen LogP contribution is 2.31. The van der Waals surface area contributed by atoms with Gasteiger partial charge in [0, 0.05) is 22.9 Å². The number of thioether (sulfide) groups is 1. The fourth-order valence-corrected chi connectivity index (χ4v) is 2.36. The number of fused-ring (bicyclic) bond motifs is 1. The first-order chi connectivity index (χ1) is 7.31. The Morgan fingerprint density at radius 3 is 3.27 bits per heavy atom. The first-order valence-corrected chi connectivity index (χ1v) is 5.97. The summed E-state index contributed by atoms with van der Waals surface area (Å²) >= 11 is 1.81. The zero-order valence-electron chi connectivity index (χ0n) is 8.58. The SMILES string of the molecule is CCOC(=O)c1ccc2c(c1)NCCS2. The standard InChI is InChI=1S/C11H13NO2S/c1-2-14-11(13)8-3-4-10-9(7-8)12-5-6-15-10/h3-4,7,12H,2,5-6H2,1H3. The number of hydrogen-bond acceptors (Lipinski definition) is 4. The molecule has 0 bridgehead atoms. The third-order valence-electron chi connectivity index (χ3n) is 2.17. The Balaban J connectivity index is 2.24. The van der Waals surface area contributed by atoms with Gasteiger partial charge in [-0.2, -0.15) is 0 Å². The number of carbonyl (C=O) groups is 1. The summed E-state index contributed by atoms with van der Waals surface area (Å²) < 4.78 is 4.95. The normalized spacial score (nSPS) is 13.9. The van der Waals surface area contributed by atoms with E-state index in [1.54, 1.807) is 0 Å². The molecule has 15 heavy (non-hydrogen) atoms. The first-order valence-electron chi connectivity index (χ1n) is 4.99. The van der Waals surface area contributed by atoms with Crippen LogP contribution < -0.4 is 5.32 Å². The van der Waals surface area contributed by atoms with Crippen molar-refractivity contribution in [2.75, 3.05) is 24.2 Å². The Labute approximate surface area is 93.2 Å². The van der Waals surface area contributed by atoms with E-state index in [1.165, 1.54) is 4.90 Å². The van der Waals surface area contributed by atoms with Crippen LogP contribution >= 0.6 is 11.8 Å². The Morgan fingerprint density at radius 1 is 1.60 bits per heavy atom. The molecule has 0 amide bonds. The van der Waals surface area contributed by atoms with Crippen LogP contribution in [0.5, 0.6) is 0 Å². The van der Waals surface area contributed by atoms with Crippen LogP contribution in [0.25, 0.3) is 0 Å². The number of esters is 1. The molecule has 1 aromatic carbocycles.